The summed E-state index contributed by atoms with van der Waals surface area (Å²) >= 11 is 0. The van der Waals surface area contributed by atoms with Crippen molar-refractivity contribution in [2.24, 2.45) is 0 Å². The van der Waals surface area contributed by atoms with Crippen LogP contribution in [0.25, 0.3) is 0 Å². The van der Waals surface area contributed by atoms with E-state index in [-0.39, 0.29) is 12.2 Å². The van der Waals surface area contributed by atoms with Crippen LogP contribution < -0.4 is 5.32 Å². The molecule has 0 spiro atoms. The van der Waals surface area contributed by atoms with Crippen molar-refractivity contribution < 1.29 is 9.90 Å². The van der Waals surface area contributed by atoms with Gasteiger partial charge in [0.1, 0.15) is 12.0 Å². The molecular weight excluding hydrogens is 360 g/mol. The predicted molar refractivity (Wildman–Crippen MR) is 126 cm³/mol. The summed E-state index contributed by atoms with van der Waals surface area (Å²) in [5.41, 5.74) is 0. The number of carbonyl (C=O) groups excluding carboxylic acids is 1. The van der Waals surface area contributed by atoms with Crippen LogP contribution in [0.3, 0.4) is 0 Å². The second kappa shape index (κ2) is 22.0. The summed E-state index contributed by atoms with van der Waals surface area (Å²) < 4.78 is 0. The first-order valence-electron chi connectivity index (χ1n) is 12.3. The second-order valence-electron chi connectivity index (χ2n) is 8.70. The van der Waals surface area contributed by atoms with Gasteiger partial charge in [0.05, 0.1) is 0 Å². The smallest absolute Gasteiger partial charge is 0.136 e. The van der Waals surface area contributed by atoms with Gasteiger partial charge in [-0.1, -0.05) is 70.4 Å². The molecule has 4 heteroatoms. The summed E-state index contributed by atoms with van der Waals surface area (Å²) in [5.74, 6) is 0.176. The average Bonchev–Trinajstić information content (AvgIpc) is 2.68. The summed E-state index contributed by atoms with van der Waals surface area (Å²) in [6, 6.07) is 0. The SMILES string of the molecule is CCCCCCCCC=CCCCCCCCC(=O)CC(O)NCCCN(C)C. The lowest BCUT2D eigenvalue weighted by molar-refractivity contribution is -0.121. The summed E-state index contributed by atoms with van der Waals surface area (Å²) in [7, 11) is 4.07. The van der Waals surface area contributed by atoms with E-state index in [2.05, 4.69) is 29.3 Å². The zero-order valence-electron chi connectivity index (χ0n) is 19.8. The minimum Gasteiger partial charge on any atom is -0.378 e. The normalized spacial score (nSPS) is 12.9. The van der Waals surface area contributed by atoms with Gasteiger partial charge in [0, 0.05) is 12.8 Å². The number of Topliss-reactive ketones (excluding diaryl/α,β-unsaturated/α-hetero) is 1. The Morgan fingerprint density at radius 1 is 0.862 bits per heavy atom. The number of aliphatic hydroxyl groups excluding tert-OH is 1. The number of nitrogens with zero attached hydrogens (tertiary/aromatic N) is 1. The van der Waals surface area contributed by atoms with E-state index in [1.807, 2.05) is 14.1 Å². The molecule has 1 unspecified atom stereocenters. The Kier molecular flexibility index (Phi) is 21.4. The van der Waals surface area contributed by atoms with E-state index in [0.717, 1.165) is 32.4 Å². The van der Waals surface area contributed by atoms with Crippen molar-refractivity contribution in [1.82, 2.24) is 10.2 Å². The van der Waals surface area contributed by atoms with Gasteiger partial charge in [-0.3, -0.25) is 10.1 Å². The molecule has 29 heavy (non-hydrogen) atoms. The van der Waals surface area contributed by atoms with Gasteiger partial charge in [-0.15, -0.1) is 0 Å². The van der Waals surface area contributed by atoms with Gasteiger partial charge in [-0.25, -0.2) is 0 Å². The first kappa shape index (κ1) is 28.3. The van der Waals surface area contributed by atoms with E-state index in [0.29, 0.717) is 6.42 Å². The molecule has 0 aromatic carbocycles. The molecule has 0 heterocycles. The molecule has 0 aliphatic rings. The number of hydrogen-bond donors (Lipinski definition) is 2. The van der Waals surface area contributed by atoms with Gasteiger partial charge >= 0.3 is 0 Å². The van der Waals surface area contributed by atoms with Crippen molar-refractivity contribution >= 4 is 5.78 Å². The number of aliphatic hydroxyl groups is 1. The summed E-state index contributed by atoms with van der Waals surface area (Å²) in [6.07, 6.45) is 22.3. The zero-order valence-corrected chi connectivity index (χ0v) is 19.8. The Bertz CT molecular complexity index is 383. The summed E-state index contributed by atoms with van der Waals surface area (Å²) in [5, 5.41) is 12.9. The van der Waals surface area contributed by atoms with E-state index in [1.165, 1.54) is 70.6 Å². The Hall–Kier alpha value is -0.710. The minimum atomic E-state index is -0.687. The third-order valence-corrected chi connectivity index (χ3v) is 5.30. The van der Waals surface area contributed by atoms with Crippen LogP contribution in [-0.4, -0.2) is 49.2 Å². The molecule has 172 valence electrons. The zero-order chi connectivity index (χ0) is 21.6. The van der Waals surface area contributed by atoms with Crippen molar-refractivity contribution in [3.8, 4) is 0 Å². The maximum absolute atomic E-state index is 11.9. The number of hydrogen-bond acceptors (Lipinski definition) is 4. The number of unbranched alkanes of at least 4 members (excludes halogenated alkanes) is 11. The lowest BCUT2D eigenvalue weighted by Crippen LogP contribution is -2.33. The van der Waals surface area contributed by atoms with Gasteiger partial charge in [-0.05, 0) is 65.7 Å². The fourth-order valence-corrected chi connectivity index (χ4v) is 3.45. The van der Waals surface area contributed by atoms with Crippen LogP contribution in [-0.2, 0) is 4.79 Å². The minimum absolute atomic E-state index is 0.176. The first-order chi connectivity index (χ1) is 14.1. The highest BCUT2D eigenvalue weighted by Crippen LogP contribution is 2.10. The van der Waals surface area contributed by atoms with Crippen molar-refractivity contribution in [3.05, 3.63) is 12.2 Å². The fraction of sp³-hybridized carbons (Fsp3) is 0.880. The second-order valence-corrected chi connectivity index (χ2v) is 8.70. The Balaban J connectivity index is 3.34. The maximum atomic E-state index is 11.9. The molecule has 0 fully saturated rings. The highest BCUT2D eigenvalue weighted by atomic mass is 16.3. The molecule has 0 amide bonds. The van der Waals surface area contributed by atoms with Gasteiger partial charge in [-0.2, -0.15) is 0 Å². The number of allylic oxidation sites excluding steroid dienone is 2. The number of nitrogens with one attached hydrogen (secondary N) is 1. The summed E-state index contributed by atoms with van der Waals surface area (Å²) in [6.45, 7) is 4.00. The van der Waals surface area contributed by atoms with E-state index in [4.69, 9.17) is 0 Å². The largest absolute Gasteiger partial charge is 0.378 e. The molecule has 4 nitrogen and oxygen atoms in total. The molecule has 1 atom stereocenters. The number of ketones is 1. The molecule has 0 rings (SSSR count). The summed E-state index contributed by atoms with van der Waals surface area (Å²) in [4.78, 5) is 14.0. The maximum Gasteiger partial charge on any atom is 0.136 e. The highest BCUT2D eigenvalue weighted by Gasteiger charge is 2.09. The molecule has 0 aliphatic heterocycles. The fourth-order valence-electron chi connectivity index (χ4n) is 3.45. The lowest BCUT2D eigenvalue weighted by atomic mass is 10.1. The average molecular weight is 411 g/mol. The van der Waals surface area contributed by atoms with E-state index < -0.39 is 6.23 Å². The quantitative estimate of drug-likeness (QED) is 0.134. The van der Waals surface area contributed by atoms with Crippen molar-refractivity contribution in [1.29, 1.82) is 0 Å². The van der Waals surface area contributed by atoms with Crippen LogP contribution in [0.5, 0.6) is 0 Å². The van der Waals surface area contributed by atoms with E-state index in [9.17, 15) is 9.90 Å². The van der Waals surface area contributed by atoms with Gasteiger partial charge < -0.3 is 10.0 Å². The van der Waals surface area contributed by atoms with Crippen LogP contribution >= 0.6 is 0 Å². The molecule has 0 aromatic rings. The molecule has 0 saturated heterocycles. The van der Waals surface area contributed by atoms with Crippen LogP contribution in [0.15, 0.2) is 12.2 Å². The molecular formula is C25H50N2O2. The molecule has 0 radical (unpaired) electrons. The van der Waals surface area contributed by atoms with Crippen LogP contribution in [0.1, 0.15) is 110 Å². The van der Waals surface area contributed by atoms with E-state index >= 15 is 0 Å². The number of rotatable bonds is 22. The lowest BCUT2D eigenvalue weighted by Gasteiger charge is -2.13. The van der Waals surface area contributed by atoms with Crippen LogP contribution in [0.4, 0.5) is 0 Å². The van der Waals surface area contributed by atoms with Crippen LogP contribution in [0, 0.1) is 0 Å². The topological polar surface area (TPSA) is 52.6 Å². The monoisotopic (exact) mass is 410 g/mol. The Labute approximate surface area is 181 Å². The van der Waals surface area contributed by atoms with Crippen molar-refractivity contribution in [2.45, 2.75) is 116 Å². The van der Waals surface area contributed by atoms with Crippen molar-refractivity contribution in [2.75, 3.05) is 27.2 Å². The van der Waals surface area contributed by atoms with Gasteiger partial charge in [0.2, 0.25) is 0 Å². The molecule has 0 aromatic heterocycles. The Morgan fingerprint density at radius 2 is 1.41 bits per heavy atom. The molecule has 2 N–H and O–H groups in total. The Morgan fingerprint density at radius 3 is 2.00 bits per heavy atom. The third kappa shape index (κ3) is 23.4. The highest BCUT2D eigenvalue weighted by molar-refractivity contribution is 5.78. The first-order valence-corrected chi connectivity index (χ1v) is 12.3. The molecule has 0 bridgehead atoms. The molecule has 0 saturated carbocycles. The van der Waals surface area contributed by atoms with E-state index in [1.54, 1.807) is 0 Å². The van der Waals surface area contributed by atoms with Crippen LogP contribution in [0.2, 0.25) is 0 Å². The third-order valence-electron chi connectivity index (χ3n) is 5.30. The van der Waals surface area contributed by atoms with Gasteiger partial charge in [0.15, 0.2) is 0 Å². The standard InChI is InChI=1S/C25H50N2O2/c1-4-5-6-7-8-9-10-11-12-13-14-15-16-17-18-20-24(28)23-25(29)26-21-19-22-27(2)3/h11-12,25-26,29H,4-10,13-23H2,1-3H3. The predicted octanol–water partition coefficient (Wildman–Crippen LogP) is 5.84. The van der Waals surface area contributed by atoms with Crippen molar-refractivity contribution in [3.63, 3.8) is 0 Å². The molecule has 0 aliphatic carbocycles. The number of carbonyl (C=O) groups is 1. The van der Waals surface area contributed by atoms with Gasteiger partial charge in [0.25, 0.3) is 0 Å².